The number of aryl methyl sites for hydroxylation is 4. The van der Waals surface area contributed by atoms with E-state index in [1.54, 1.807) is 0 Å². The van der Waals surface area contributed by atoms with Crippen LogP contribution in [0.1, 0.15) is 39.3 Å². The van der Waals surface area contributed by atoms with Crippen LogP contribution in [0.5, 0.6) is 0 Å². The fourth-order valence-electron chi connectivity index (χ4n) is 2.84. The van der Waals surface area contributed by atoms with E-state index in [-0.39, 0.29) is 11.9 Å². The van der Waals surface area contributed by atoms with Gasteiger partial charge in [-0.25, -0.2) is 0 Å². The topological polar surface area (TPSA) is 26.3 Å². The molecule has 0 saturated carbocycles. The second kappa shape index (κ2) is 6.13. The predicted octanol–water partition coefficient (Wildman–Crippen LogP) is 4.23. The molecule has 0 aliphatic rings. The van der Waals surface area contributed by atoms with Gasteiger partial charge in [0.1, 0.15) is 5.92 Å². The monoisotopic (exact) mass is 282 g/mol. The second-order valence-electron chi connectivity index (χ2n) is 5.68. The Hall–Kier alpha value is -2.09. The maximum Gasteiger partial charge on any atom is 0.317 e. The summed E-state index contributed by atoms with van der Waals surface area (Å²) in [6.45, 7) is 8.20. The van der Waals surface area contributed by atoms with Crippen molar-refractivity contribution in [2.24, 2.45) is 0 Å². The lowest BCUT2D eigenvalue weighted by molar-refractivity contribution is -0.141. The molecule has 0 unspecified atom stereocenters. The van der Waals surface area contributed by atoms with Crippen LogP contribution in [-0.2, 0) is 9.53 Å². The van der Waals surface area contributed by atoms with Crippen LogP contribution in [0.4, 0.5) is 0 Å². The van der Waals surface area contributed by atoms with Crippen molar-refractivity contribution in [1.82, 2.24) is 0 Å². The highest BCUT2D eigenvalue weighted by atomic mass is 16.5. The molecule has 2 heteroatoms. The van der Waals surface area contributed by atoms with Crippen LogP contribution in [0.3, 0.4) is 0 Å². The van der Waals surface area contributed by atoms with Crippen LogP contribution in [-0.4, -0.2) is 13.1 Å². The molecule has 0 aliphatic heterocycles. The molecule has 0 radical (unpaired) electrons. The lowest BCUT2D eigenvalue weighted by atomic mass is 9.85. The van der Waals surface area contributed by atoms with Crippen LogP contribution in [0.25, 0.3) is 0 Å². The van der Waals surface area contributed by atoms with Crippen molar-refractivity contribution in [3.63, 3.8) is 0 Å². The zero-order valence-electron chi connectivity index (χ0n) is 13.4. The summed E-state index contributed by atoms with van der Waals surface area (Å²) >= 11 is 0. The van der Waals surface area contributed by atoms with Crippen LogP contribution >= 0.6 is 0 Å². The number of rotatable bonds is 3. The zero-order chi connectivity index (χ0) is 15.6. The normalized spacial score (nSPS) is 10.8. The van der Waals surface area contributed by atoms with Gasteiger partial charge in [-0.15, -0.1) is 0 Å². The van der Waals surface area contributed by atoms with E-state index in [0.29, 0.717) is 0 Å². The largest absolute Gasteiger partial charge is 0.468 e. The van der Waals surface area contributed by atoms with E-state index >= 15 is 0 Å². The fraction of sp³-hybridized carbons (Fsp3) is 0.316. The van der Waals surface area contributed by atoms with E-state index < -0.39 is 0 Å². The van der Waals surface area contributed by atoms with Crippen molar-refractivity contribution in [2.75, 3.05) is 7.11 Å². The van der Waals surface area contributed by atoms with Gasteiger partial charge in [-0.1, -0.05) is 47.5 Å². The number of benzene rings is 2. The second-order valence-corrected chi connectivity index (χ2v) is 5.68. The van der Waals surface area contributed by atoms with Gasteiger partial charge in [-0.3, -0.25) is 4.79 Å². The first kappa shape index (κ1) is 15.3. The third kappa shape index (κ3) is 3.15. The van der Waals surface area contributed by atoms with Crippen molar-refractivity contribution >= 4 is 5.97 Å². The number of carbonyl (C=O) groups is 1. The zero-order valence-corrected chi connectivity index (χ0v) is 13.4. The molecule has 110 valence electrons. The first-order valence-electron chi connectivity index (χ1n) is 7.16. The van der Waals surface area contributed by atoms with Gasteiger partial charge in [0.05, 0.1) is 7.11 Å². The van der Waals surface area contributed by atoms with E-state index in [1.807, 2.05) is 38.1 Å². The first-order chi connectivity index (χ1) is 9.93. The maximum absolute atomic E-state index is 12.4. The number of methoxy groups -OCH3 is 1. The summed E-state index contributed by atoms with van der Waals surface area (Å²) in [4.78, 5) is 12.4. The Kier molecular flexibility index (Phi) is 4.46. The SMILES string of the molecule is COC(=O)C(c1ccc(C)cc1C)c1ccc(C)cc1C. The van der Waals surface area contributed by atoms with Gasteiger partial charge in [-0.2, -0.15) is 0 Å². The summed E-state index contributed by atoms with van der Waals surface area (Å²) in [5, 5.41) is 0. The van der Waals surface area contributed by atoms with Crippen molar-refractivity contribution in [3.8, 4) is 0 Å². The molecule has 0 aromatic heterocycles. The third-order valence-electron chi connectivity index (χ3n) is 3.91. The van der Waals surface area contributed by atoms with Crippen molar-refractivity contribution in [2.45, 2.75) is 33.6 Å². The minimum absolute atomic E-state index is 0.214. The number of hydrogen-bond acceptors (Lipinski definition) is 2. The van der Waals surface area contributed by atoms with E-state index in [4.69, 9.17) is 4.74 Å². The van der Waals surface area contributed by atoms with Gasteiger partial charge in [0.2, 0.25) is 0 Å². The van der Waals surface area contributed by atoms with Crippen LogP contribution in [0.15, 0.2) is 36.4 Å². The minimum atomic E-state index is -0.365. The Labute approximate surface area is 126 Å². The van der Waals surface area contributed by atoms with Crippen LogP contribution in [0.2, 0.25) is 0 Å². The Balaban J connectivity index is 2.61. The number of carbonyl (C=O) groups excluding carboxylic acids is 1. The molecule has 0 fully saturated rings. The van der Waals surface area contributed by atoms with Gasteiger partial charge >= 0.3 is 5.97 Å². The summed E-state index contributed by atoms with van der Waals surface area (Å²) in [5.41, 5.74) is 6.65. The highest BCUT2D eigenvalue weighted by Gasteiger charge is 2.26. The molecule has 0 atom stereocenters. The molecule has 0 spiro atoms. The maximum atomic E-state index is 12.4. The number of esters is 1. The molecule has 21 heavy (non-hydrogen) atoms. The van der Waals surface area contributed by atoms with Gasteiger partial charge in [0.25, 0.3) is 0 Å². The van der Waals surface area contributed by atoms with E-state index in [0.717, 1.165) is 22.3 Å². The average Bonchev–Trinajstić information content (AvgIpc) is 2.43. The van der Waals surface area contributed by atoms with E-state index in [1.165, 1.54) is 18.2 Å². The Morgan fingerprint density at radius 1 is 0.857 bits per heavy atom. The van der Waals surface area contributed by atoms with Gasteiger partial charge in [0, 0.05) is 0 Å². The summed E-state index contributed by atoms with van der Waals surface area (Å²) < 4.78 is 5.05. The van der Waals surface area contributed by atoms with Crippen molar-refractivity contribution < 1.29 is 9.53 Å². The summed E-state index contributed by atoms with van der Waals surface area (Å²) in [6.07, 6.45) is 0. The Bertz CT molecular complexity index is 620. The Morgan fingerprint density at radius 3 is 1.62 bits per heavy atom. The molecule has 0 aliphatic carbocycles. The molecule has 0 amide bonds. The Morgan fingerprint density at radius 2 is 1.29 bits per heavy atom. The van der Waals surface area contributed by atoms with E-state index in [2.05, 4.69) is 26.0 Å². The van der Waals surface area contributed by atoms with Crippen molar-refractivity contribution in [3.05, 3.63) is 69.8 Å². The standard InChI is InChI=1S/C19H22O2/c1-12-6-8-16(14(3)10-12)18(19(20)21-5)17-9-7-13(2)11-15(17)4/h6-11,18H,1-5H3. The average molecular weight is 282 g/mol. The molecule has 2 rings (SSSR count). The lowest BCUT2D eigenvalue weighted by Crippen LogP contribution is -2.18. The molecular formula is C19H22O2. The lowest BCUT2D eigenvalue weighted by Gasteiger charge is -2.20. The van der Waals surface area contributed by atoms with Crippen LogP contribution < -0.4 is 0 Å². The molecule has 0 saturated heterocycles. The molecule has 2 nitrogen and oxygen atoms in total. The number of hydrogen-bond donors (Lipinski definition) is 0. The summed E-state index contributed by atoms with van der Waals surface area (Å²) in [6, 6.07) is 12.4. The van der Waals surface area contributed by atoms with Gasteiger partial charge in [-0.05, 0) is 49.9 Å². The molecule has 0 N–H and O–H groups in total. The molecule has 0 heterocycles. The first-order valence-corrected chi connectivity index (χ1v) is 7.16. The highest BCUT2D eigenvalue weighted by molar-refractivity contribution is 5.83. The summed E-state index contributed by atoms with van der Waals surface area (Å²) in [5.74, 6) is -0.579. The quantitative estimate of drug-likeness (QED) is 0.788. The molecule has 0 bridgehead atoms. The van der Waals surface area contributed by atoms with Gasteiger partial charge in [0.15, 0.2) is 0 Å². The smallest absolute Gasteiger partial charge is 0.317 e. The molecular weight excluding hydrogens is 260 g/mol. The van der Waals surface area contributed by atoms with E-state index in [9.17, 15) is 4.79 Å². The molecule has 2 aromatic rings. The van der Waals surface area contributed by atoms with Crippen LogP contribution in [0, 0.1) is 27.7 Å². The van der Waals surface area contributed by atoms with Crippen molar-refractivity contribution in [1.29, 1.82) is 0 Å². The highest BCUT2D eigenvalue weighted by Crippen LogP contribution is 2.31. The minimum Gasteiger partial charge on any atom is -0.468 e. The number of ether oxygens (including phenoxy) is 1. The molecule has 2 aromatic carbocycles. The van der Waals surface area contributed by atoms with Gasteiger partial charge < -0.3 is 4.74 Å². The third-order valence-corrected chi connectivity index (χ3v) is 3.91. The fourth-order valence-corrected chi connectivity index (χ4v) is 2.84. The predicted molar refractivity (Wildman–Crippen MR) is 85.7 cm³/mol. The summed E-state index contributed by atoms with van der Waals surface area (Å²) in [7, 11) is 1.45.